The number of carbonyl (C=O) groups is 3. The fraction of sp³-hybridized carbons (Fsp3) is 0.406. The van der Waals surface area contributed by atoms with Gasteiger partial charge in [-0.1, -0.05) is 70.0 Å². The van der Waals surface area contributed by atoms with Crippen LogP contribution in [0.4, 0.5) is 5.69 Å². The van der Waals surface area contributed by atoms with Crippen molar-refractivity contribution in [2.24, 2.45) is 11.8 Å². The van der Waals surface area contributed by atoms with Crippen LogP contribution in [0.3, 0.4) is 0 Å². The maximum absolute atomic E-state index is 14.7. The fourth-order valence-corrected chi connectivity index (χ4v) is 7.77. The third-order valence-corrected chi connectivity index (χ3v) is 9.54. The molecule has 3 saturated heterocycles. The molecule has 222 valence electrons. The van der Waals surface area contributed by atoms with Gasteiger partial charge in [-0.2, -0.15) is 0 Å². The van der Waals surface area contributed by atoms with Gasteiger partial charge in [0, 0.05) is 22.1 Å². The first-order valence-electron chi connectivity index (χ1n) is 14.0. The van der Waals surface area contributed by atoms with Crippen LogP contribution in [-0.4, -0.2) is 70.1 Å². The normalized spacial score (nSPS) is 28.3. The zero-order valence-corrected chi connectivity index (χ0v) is 25.5. The van der Waals surface area contributed by atoms with E-state index in [2.05, 4.69) is 29.1 Å². The van der Waals surface area contributed by atoms with Gasteiger partial charge in [0.15, 0.2) is 0 Å². The topological polar surface area (TPSA) is 96.4 Å². The first-order chi connectivity index (χ1) is 20.3. The van der Waals surface area contributed by atoms with Crippen LogP contribution in [0.1, 0.15) is 30.9 Å². The lowest BCUT2D eigenvalue weighted by atomic mass is 9.70. The van der Waals surface area contributed by atoms with E-state index in [1.165, 1.54) is 9.80 Å². The summed E-state index contributed by atoms with van der Waals surface area (Å²) in [6, 6.07) is 13.9. The average molecular weight is 658 g/mol. The minimum atomic E-state index is -1.31. The van der Waals surface area contributed by atoms with Gasteiger partial charge in [0.25, 0.3) is 5.91 Å². The first kappa shape index (κ1) is 30.5. The minimum absolute atomic E-state index is 0.158. The molecule has 2 aromatic rings. The third kappa shape index (κ3) is 5.21. The van der Waals surface area contributed by atoms with Crippen molar-refractivity contribution in [3.8, 4) is 0 Å². The Balaban J connectivity index is 1.60. The van der Waals surface area contributed by atoms with Crippen molar-refractivity contribution in [2.45, 2.75) is 47.9 Å². The smallest absolute Gasteiger partial charge is 0.312 e. The molecular weight excluding hydrogens is 624 g/mol. The molecule has 2 aromatic carbocycles. The number of hydrogen-bond donors (Lipinski definition) is 1. The highest BCUT2D eigenvalue weighted by molar-refractivity contribution is 9.09. The molecule has 7 atom stereocenters. The minimum Gasteiger partial charge on any atom is -0.465 e. The third-order valence-electron chi connectivity index (χ3n) is 8.44. The summed E-state index contributed by atoms with van der Waals surface area (Å²) in [5.74, 6) is -3.20. The number of rotatable bonds is 12. The number of halogens is 2. The number of allylic oxidation sites excluding steroid dienone is 1. The van der Waals surface area contributed by atoms with Gasteiger partial charge in [0.1, 0.15) is 11.6 Å². The number of ether oxygens (including phenoxy) is 2. The van der Waals surface area contributed by atoms with Crippen LogP contribution in [-0.2, 0) is 23.9 Å². The molecule has 0 saturated carbocycles. The number of nitrogens with zero attached hydrogens (tertiary/aromatic N) is 2. The highest BCUT2D eigenvalue weighted by Crippen LogP contribution is 2.61. The van der Waals surface area contributed by atoms with Crippen LogP contribution in [0.25, 0.3) is 0 Å². The van der Waals surface area contributed by atoms with Gasteiger partial charge >= 0.3 is 5.97 Å². The lowest BCUT2D eigenvalue weighted by Gasteiger charge is -2.39. The second-order valence-electron chi connectivity index (χ2n) is 10.8. The molecule has 3 heterocycles. The maximum atomic E-state index is 14.7. The molecule has 0 radical (unpaired) electrons. The van der Waals surface area contributed by atoms with Crippen molar-refractivity contribution >= 4 is 51.0 Å². The molecule has 1 spiro atoms. The monoisotopic (exact) mass is 656 g/mol. The summed E-state index contributed by atoms with van der Waals surface area (Å²) < 4.78 is 12.2. The molecule has 2 amide bonds. The SMILES string of the molecule is C=CCCCOC(=O)[C@H]1[C@@H]2OC3(CC2Br)C(C(=O)N(CC=C)c2ccc(Cl)cc2)N([C@H](CO)c2ccccc2)C(=O)[C@H]13. The van der Waals surface area contributed by atoms with E-state index in [4.69, 9.17) is 21.1 Å². The zero-order chi connectivity index (χ0) is 30.0. The van der Waals surface area contributed by atoms with Gasteiger partial charge in [-0.05, 0) is 49.1 Å². The lowest BCUT2D eigenvalue weighted by molar-refractivity contribution is -0.155. The van der Waals surface area contributed by atoms with E-state index in [1.54, 1.807) is 48.6 Å². The van der Waals surface area contributed by atoms with Crippen LogP contribution in [0, 0.1) is 11.8 Å². The summed E-state index contributed by atoms with van der Waals surface area (Å²) in [4.78, 5) is 45.4. The highest BCUT2D eigenvalue weighted by atomic mass is 79.9. The predicted octanol–water partition coefficient (Wildman–Crippen LogP) is 4.85. The van der Waals surface area contributed by atoms with Crippen LogP contribution in [0.5, 0.6) is 0 Å². The number of likely N-dealkylation sites (tertiary alicyclic amines) is 1. The number of carbonyl (C=O) groups excluding carboxylic acids is 3. The summed E-state index contributed by atoms with van der Waals surface area (Å²) in [5.41, 5.74) is -0.0815. The van der Waals surface area contributed by atoms with Crippen molar-refractivity contribution in [3.05, 3.63) is 90.5 Å². The quantitative estimate of drug-likeness (QED) is 0.152. The van der Waals surface area contributed by atoms with E-state index in [1.807, 2.05) is 18.2 Å². The van der Waals surface area contributed by atoms with E-state index in [9.17, 15) is 19.5 Å². The Kier molecular flexibility index (Phi) is 9.23. The number of unbranched alkanes of at least 4 members (excludes halogenated alkanes) is 1. The summed E-state index contributed by atoms with van der Waals surface area (Å²) >= 11 is 9.81. The van der Waals surface area contributed by atoms with Crippen molar-refractivity contribution in [1.29, 1.82) is 0 Å². The number of alkyl halides is 1. The van der Waals surface area contributed by atoms with E-state index in [0.29, 0.717) is 35.5 Å². The molecular formula is C32H34BrClN2O6. The van der Waals surface area contributed by atoms with E-state index in [0.717, 1.165) is 0 Å². The molecule has 5 rings (SSSR count). The number of fused-ring (bicyclic) bond motifs is 1. The molecule has 2 bridgehead atoms. The average Bonchev–Trinajstić information content (AvgIpc) is 3.59. The van der Waals surface area contributed by atoms with Gasteiger partial charge in [0.05, 0.1) is 37.2 Å². The zero-order valence-electron chi connectivity index (χ0n) is 23.1. The summed E-state index contributed by atoms with van der Waals surface area (Å²) in [7, 11) is 0. The van der Waals surface area contributed by atoms with Crippen molar-refractivity contribution in [2.75, 3.05) is 24.7 Å². The fourth-order valence-electron chi connectivity index (χ4n) is 6.70. The molecule has 3 fully saturated rings. The summed E-state index contributed by atoms with van der Waals surface area (Å²) in [5, 5.41) is 11.2. The maximum Gasteiger partial charge on any atom is 0.312 e. The standard InChI is InChI=1S/C32H34BrClN2O6/c1-3-5-9-17-41-31(40)25-26-29(38)36(24(19-37)20-10-7-6-8-11-20)28(32(26)18-23(33)27(25)42-32)30(39)35(16-4-2)22-14-12-21(34)13-15-22/h3-4,6-8,10-15,23-28,37H,1-2,5,9,16-19H2/t23?,24-,25-,26+,27-,28?,32?/m1/s1. The number of esters is 1. The molecule has 1 N–H and O–H groups in total. The second kappa shape index (κ2) is 12.7. The Hall–Kier alpha value is -2.98. The van der Waals surface area contributed by atoms with Gasteiger partial charge in [-0.15, -0.1) is 13.2 Å². The van der Waals surface area contributed by atoms with Crippen molar-refractivity contribution < 1.29 is 29.0 Å². The number of aliphatic hydroxyl groups excluding tert-OH is 1. The number of amides is 2. The molecule has 42 heavy (non-hydrogen) atoms. The van der Waals surface area contributed by atoms with Gasteiger partial charge in [0.2, 0.25) is 5.91 Å². The Morgan fingerprint density at radius 2 is 1.90 bits per heavy atom. The second-order valence-corrected chi connectivity index (χ2v) is 12.4. The van der Waals surface area contributed by atoms with E-state index >= 15 is 0 Å². The Morgan fingerprint density at radius 1 is 1.19 bits per heavy atom. The largest absolute Gasteiger partial charge is 0.465 e. The molecule has 3 aliphatic rings. The Bertz CT molecular complexity index is 1340. The summed E-state index contributed by atoms with van der Waals surface area (Å²) in [6.07, 6.45) is 4.34. The number of anilines is 1. The number of hydrogen-bond acceptors (Lipinski definition) is 6. The van der Waals surface area contributed by atoms with Crippen LogP contribution < -0.4 is 4.90 Å². The molecule has 3 unspecified atom stereocenters. The van der Waals surface area contributed by atoms with Crippen LogP contribution in [0.2, 0.25) is 5.02 Å². The first-order valence-corrected chi connectivity index (χ1v) is 15.3. The number of benzene rings is 2. The van der Waals surface area contributed by atoms with E-state index in [-0.39, 0.29) is 18.0 Å². The number of aliphatic hydroxyl groups is 1. The predicted molar refractivity (Wildman–Crippen MR) is 163 cm³/mol. The Labute approximate surface area is 259 Å². The van der Waals surface area contributed by atoms with Gasteiger partial charge in [-0.25, -0.2) is 0 Å². The lowest BCUT2D eigenvalue weighted by Crippen LogP contribution is -2.57. The van der Waals surface area contributed by atoms with Crippen molar-refractivity contribution in [3.63, 3.8) is 0 Å². The molecule has 10 heteroatoms. The summed E-state index contributed by atoms with van der Waals surface area (Å²) in [6.45, 7) is 7.46. The van der Waals surface area contributed by atoms with Crippen LogP contribution >= 0.6 is 27.5 Å². The highest BCUT2D eigenvalue weighted by Gasteiger charge is 2.77. The Morgan fingerprint density at radius 3 is 2.55 bits per heavy atom. The van der Waals surface area contributed by atoms with Crippen LogP contribution in [0.15, 0.2) is 79.9 Å². The van der Waals surface area contributed by atoms with E-state index < -0.39 is 60.0 Å². The molecule has 8 nitrogen and oxygen atoms in total. The molecule has 3 aliphatic heterocycles. The van der Waals surface area contributed by atoms with Crippen molar-refractivity contribution in [1.82, 2.24) is 4.90 Å². The molecule has 0 aliphatic carbocycles. The van der Waals surface area contributed by atoms with Gasteiger partial charge < -0.3 is 24.4 Å². The van der Waals surface area contributed by atoms with Gasteiger partial charge in [-0.3, -0.25) is 14.4 Å². The molecule has 0 aromatic heterocycles.